The number of nitrogens with one attached hydrogen (secondary N) is 1. The average Bonchev–Trinajstić information content (AvgIpc) is 3.15. The molecule has 27 heavy (non-hydrogen) atoms. The molecular formula is C21H21FN4O. The third-order valence-corrected chi connectivity index (χ3v) is 5.14. The summed E-state index contributed by atoms with van der Waals surface area (Å²) in [4.78, 5) is 25.9. The van der Waals surface area contributed by atoms with Gasteiger partial charge in [-0.2, -0.15) is 0 Å². The Morgan fingerprint density at radius 2 is 1.74 bits per heavy atom. The zero-order valence-corrected chi connectivity index (χ0v) is 15.2. The summed E-state index contributed by atoms with van der Waals surface area (Å²) in [7, 11) is 0. The number of likely N-dealkylation sites (tertiary alicyclic amines) is 1. The van der Waals surface area contributed by atoms with Gasteiger partial charge in [0.15, 0.2) is 0 Å². The Morgan fingerprint density at radius 3 is 2.37 bits per heavy atom. The Kier molecular flexibility index (Phi) is 4.71. The fraction of sp³-hybridized carbons (Fsp3) is 0.286. The van der Waals surface area contributed by atoms with Crippen molar-refractivity contribution in [1.82, 2.24) is 19.9 Å². The molecule has 1 saturated heterocycles. The van der Waals surface area contributed by atoms with Gasteiger partial charge in [-0.3, -0.25) is 9.78 Å². The molecule has 0 unspecified atom stereocenters. The number of benzene rings is 1. The van der Waals surface area contributed by atoms with Crippen molar-refractivity contribution in [3.05, 3.63) is 60.4 Å². The van der Waals surface area contributed by atoms with Gasteiger partial charge in [0.2, 0.25) is 5.91 Å². The Morgan fingerprint density at radius 1 is 1.07 bits per heavy atom. The van der Waals surface area contributed by atoms with E-state index in [2.05, 4.69) is 9.97 Å². The fourth-order valence-corrected chi connectivity index (χ4v) is 3.60. The van der Waals surface area contributed by atoms with E-state index in [0.29, 0.717) is 0 Å². The molecule has 1 fully saturated rings. The summed E-state index contributed by atoms with van der Waals surface area (Å²) >= 11 is 0. The normalized spacial score (nSPS) is 15.1. The van der Waals surface area contributed by atoms with E-state index in [1.807, 2.05) is 17.0 Å². The van der Waals surface area contributed by atoms with Crippen LogP contribution in [-0.4, -0.2) is 38.8 Å². The van der Waals surface area contributed by atoms with Gasteiger partial charge in [0, 0.05) is 49.5 Å². The smallest absolute Gasteiger partial charge is 0.219 e. The van der Waals surface area contributed by atoms with Crippen molar-refractivity contribution in [3.63, 3.8) is 0 Å². The second kappa shape index (κ2) is 7.31. The first-order valence-electron chi connectivity index (χ1n) is 9.13. The molecule has 0 radical (unpaired) electrons. The lowest BCUT2D eigenvalue weighted by Gasteiger charge is -2.30. The number of hydrogen-bond donors (Lipinski definition) is 1. The molecule has 0 bridgehead atoms. The highest BCUT2D eigenvalue weighted by Crippen LogP contribution is 2.34. The number of carbonyl (C=O) groups is 1. The van der Waals surface area contributed by atoms with Crippen molar-refractivity contribution >= 4 is 5.91 Å². The van der Waals surface area contributed by atoms with Gasteiger partial charge in [-0.1, -0.05) is 0 Å². The van der Waals surface area contributed by atoms with Crippen LogP contribution in [0.2, 0.25) is 0 Å². The number of H-pyrrole nitrogens is 1. The van der Waals surface area contributed by atoms with E-state index in [4.69, 9.17) is 4.98 Å². The van der Waals surface area contributed by atoms with Gasteiger partial charge in [-0.25, -0.2) is 9.37 Å². The first-order chi connectivity index (χ1) is 13.1. The first kappa shape index (κ1) is 17.4. The first-order valence-corrected chi connectivity index (χ1v) is 9.13. The molecule has 6 heteroatoms. The molecule has 3 heterocycles. The van der Waals surface area contributed by atoms with Crippen molar-refractivity contribution in [3.8, 4) is 22.5 Å². The molecule has 0 saturated carbocycles. The summed E-state index contributed by atoms with van der Waals surface area (Å²) in [6.45, 7) is 3.11. The van der Waals surface area contributed by atoms with Crippen LogP contribution in [0.25, 0.3) is 22.5 Å². The van der Waals surface area contributed by atoms with Crippen LogP contribution >= 0.6 is 0 Å². The largest absolute Gasteiger partial charge is 0.343 e. The number of nitrogens with zero attached hydrogens (tertiary/aromatic N) is 3. The van der Waals surface area contributed by atoms with E-state index in [9.17, 15) is 9.18 Å². The highest BCUT2D eigenvalue weighted by molar-refractivity contribution is 5.78. The molecule has 1 N–H and O–H groups in total. The Balaban J connectivity index is 1.70. The molecule has 1 aromatic carbocycles. The van der Waals surface area contributed by atoms with Crippen LogP contribution in [0, 0.1) is 5.82 Å². The van der Waals surface area contributed by atoms with Gasteiger partial charge in [0.25, 0.3) is 0 Å². The minimum Gasteiger partial charge on any atom is -0.343 e. The standard InChI is InChI=1S/C21H21FN4O/c1-14(27)26-12-8-17(9-13-26)21-24-19(15-2-4-18(22)5-3-15)20(25-21)16-6-10-23-11-7-16/h2-7,10-11,17H,8-9,12-13H2,1H3,(H,24,25). The SMILES string of the molecule is CC(=O)N1CCC(c2nc(-c3ccc(F)cc3)c(-c3ccncc3)[nH]2)CC1. The topological polar surface area (TPSA) is 61.9 Å². The number of rotatable bonds is 3. The van der Waals surface area contributed by atoms with Crippen LogP contribution in [0.5, 0.6) is 0 Å². The quantitative estimate of drug-likeness (QED) is 0.764. The highest BCUT2D eigenvalue weighted by atomic mass is 19.1. The van der Waals surface area contributed by atoms with E-state index in [-0.39, 0.29) is 17.6 Å². The van der Waals surface area contributed by atoms with Gasteiger partial charge >= 0.3 is 0 Å². The molecule has 1 aliphatic heterocycles. The third-order valence-electron chi connectivity index (χ3n) is 5.14. The molecule has 4 rings (SSSR count). The summed E-state index contributed by atoms with van der Waals surface area (Å²) in [5, 5.41) is 0. The molecular weight excluding hydrogens is 343 g/mol. The molecule has 5 nitrogen and oxygen atoms in total. The van der Waals surface area contributed by atoms with Crippen molar-refractivity contribution in [1.29, 1.82) is 0 Å². The zero-order valence-electron chi connectivity index (χ0n) is 15.2. The van der Waals surface area contributed by atoms with Crippen molar-refractivity contribution in [2.45, 2.75) is 25.7 Å². The number of pyridine rings is 1. The van der Waals surface area contributed by atoms with E-state index in [1.54, 1.807) is 31.5 Å². The van der Waals surface area contributed by atoms with Crippen LogP contribution in [-0.2, 0) is 4.79 Å². The van der Waals surface area contributed by atoms with Crippen LogP contribution in [0.4, 0.5) is 4.39 Å². The van der Waals surface area contributed by atoms with E-state index in [1.165, 1.54) is 12.1 Å². The lowest BCUT2D eigenvalue weighted by Crippen LogP contribution is -2.36. The summed E-state index contributed by atoms with van der Waals surface area (Å²) in [6.07, 6.45) is 5.25. The Labute approximate surface area is 157 Å². The molecule has 0 atom stereocenters. The molecule has 0 aliphatic carbocycles. The molecule has 1 aliphatic rings. The summed E-state index contributed by atoms with van der Waals surface area (Å²) in [5.41, 5.74) is 3.58. The highest BCUT2D eigenvalue weighted by Gasteiger charge is 2.26. The van der Waals surface area contributed by atoms with Gasteiger partial charge in [0.05, 0.1) is 11.4 Å². The van der Waals surface area contributed by atoms with E-state index in [0.717, 1.165) is 54.3 Å². The van der Waals surface area contributed by atoms with E-state index >= 15 is 0 Å². The summed E-state index contributed by atoms with van der Waals surface area (Å²) < 4.78 is 13.4. The number of piperidine rings is 1. The van der Waals surface area contributed by atoms with Crippen LogP contribution in [0.3, 0.4) is 0 Å². The maximum absolute atomic E-state index is 13.4. The summed E-state index contributed by atoms with van der Waals surface area (Å²) in [5.74, 6) is 1.05. The maximum atomic E-state index is 13.4. The van der Waals surface area contributed by atoms with Gasteiger partial charge in [0.1, 0.15) is 11.6 Å². The van der Waals surface area contributed by atoms with Gasteiger partial charge in [-0.15, -0.1) is 0 Å². The maximum Gasteiger partial charge on any atom is 0.219 e. The average molecular weight is 364 g/mol. The van der Waals surface area contributed by atoms with Crippen LogP contribution < -0.4 is 0 Å². The predicted octanol–water partition coefficient (Wildman–Crippen LogP) is 4.00. The van der Waals surface area contributed by atoms with Crippen molar-refractivity contribution in [2.75, 3.05) is 13.1 Å². The Bertz CT molecular complexity index is 929. The zero-order chi connectivity index (χ0) is 18.8. The van der Waals surface area contributed by atoms with Gasteiger partial charge < -0.3 is 9.88 Å². The second-order valence-corrected chi connectivity index (χ2v) is 6.87. The lowest BCUT2D eigenvalue weighted by molar-refractivity contribution is -0.129. The minimum absolute atomic E-state index is 0.123. The number of aromatic nitrogens is 3. The Hall–Kier alpha value is -3.02. The fourth-order valence-electron chi connectivity index (χ4n) is 3.60. The summed E-state index contributed by atoms with van der Waals surface area (Å²) in [6, 6.07) is 10.3. The van der Waals surface area contributed by atoms with Crippen LogP contribution in [0.15, 0.2) is 48.8 Å². The third kappa shape index (κ3) is 3.60. The molecule has 138 valence electrons. The number of halogens is 1. The number of hydrogen-bond acceptors (Lipinski definition) is 3. The number of amides is 1. The number of aromatic amines is 1. The monoisotopic (exact) mass is 364 g/mol. The van der Waals surface area contributed by atoms with Crippen molar-refractivity contribution < 1.29 is 9.18 Å². The molecule has 2 aromatic heterocycles. The predicted molar refractivity (Wildman–Crippen MR) is 101 cm³/mol. The van der Waals surface area contributed by atoms with Crippen LogP contribution in [0.1, 0.15) is 31.5 Å². The lowest BCUT2D eigenvalue weighted by atomic mass is 9.96. The van der Waals surface area contributed by atoms with Crippen molar-refractivity contribution in [2.24, 2.45) is 0 Å². The van der Waals surface area contributed by atoms with Gasteiger partial charge in [-0.05, 0) is 49.2 Å². The number of imidazole rings is 1. The second-order valence-electron chi connectivity index (χ2n) is 6.87. The number of carbonyl (C=O) groups excluding carboxylic acids is 1. The molecule has 0 spiro atoms. The molecule has 3 aromatic rings. The van der Waals surface area contributed by atoms with E-state index < -0.39 is 0 Å². The minimum atomic E-state index is -0.267. The molecule has 1 amide bonds.